The summed E-state index contributed by atoms with van der Waals surface area (Å²) in [5, 5.41) is 0. The monoisotopic (exact) mass is 367 g/mol. The molecule has 6 nitrogen and oxygen atoms in total. The van der Waals surface area contributed by atoms with E-state index in [0.717, 1.165) is 10.4 Å². The fraction of sp³-hybridized carbons (Fsp3) is 0.235. The van der Waals surface area contributed by atoms with E-state index in [1.807, 2.05) is 0 Å². The summed E-state index contributed by atoms with van der Waals surface area (Å²) in [5.41, 5.74) is 0.0314. The van der Waals surface area contributed by atoms with Crippen molar-refractivity contribution in [2.45, 2.75) is 11.8 Å². The number of anilines is 1. The number of carbonyl (C=O) groups excluding carboxylic acids is 1. The van der Waals surface area contributed by atoms with Crippen LogP contribution < -0.4 is 9.04 Å². The highest BCUT2D eigenvalue weighted by molar-refractivity contribution is 7.92. The standard InChI is InChI=1S/C17H18FNO5S/c1-3-24-17(20)12-19(14-6-4-5-13(18)11-14)25(21,22)16-9-7-15(23-2)8-10-16/h4-11H,3,12H2,1-2H3. The fourth-order valence-electron chi connectivity index (χ4n) is 2.15. The average Bonchev–Trinajstić information content (AvgIpc) is 2.60. The van der Waals surface area contributed by atoms with Crippen molar-refractivity contribution in [1.82, 2.24) is 0 Å². The molecular formula is C17H18FNO5S. The number of sulfonamides is 1. The second-order valence-electron chi connectivity index (χ2n) is 4.97. The van der Waals surface area contributed by atoms with Crippen LogP contribution in [-0.4, -0.2) is 34.6 Å². The second kappa shape index (κ2) is 7.98. The van der Waals surface area contributed by atoms with Crippen LogP contribution in [0, 0.1) is 5.82 Å². The van der Waals surface area contributed by atoms with Crippen LogP contribution in [0.4, 0.5) is 10.1 Å². The molecular weight excluding hydrogens is 349 g/mol. The number of hydrogen-bond donors (Lipinski definition) is 0. The maximum Gasteiger partial charge on any atom is 0.326 e. The number of benzene rings is 2. The molecule has 2 aromatic carbocycles. The highest BCUT2D eigenvalue weighted by atomic mass is 32.2. The molecule has 25 heavy (non-hydrogen) atoms. The van der Waals surface area contributed by atoms with E-state index in [-0.39, 0.29) is 17.2 Å². The molecule has 0 aliphatic rings. The quantitative estimate of drug-likeness (QED) is 0.704. The van der Waals surface area contributed by atoms with Crippen LogP contribution in [0.25, 0.3) is 0 Å². The van der Waals surface area contributed by atoms with Crippen LogP contribution in [-0.2, 0) is 19.6 Å². The summed E-state index contributed by atoms with van der Waals surface area (Å²) in [6, 6.07) is 10.7. The molecule has 0 aliphatic heterocycles. The lowest BCUT2D eigenvalue weighted by Gasteiger charge is -2.23. The summed E-state index contributed by atoms with van der Waals surface area (Å²) in [7, 11) is -2.64. The Morgan fingerprint density at radius 3 is 2.40 bits per heavy atom. The Hall–Kier alpha value is -2.61. The molecule has 0 amide bonds. The largest absolute Gasteiger partial charge is 0.497 e. The van der Waals surface area contributed by atoms with Gasteiger partial charge in [0.1, 0.15) is 18.1 Å². The van der Waals surface area contributed by atoms with E-state index in [9.17, 15) is 17.6 Å². The predicted molar refractivity (Wildman–Crippen MR) is 90.6 cm³/mol. The molecule has 0 saturated carbocycles. The highest BCUT2D eigenvalue weighted by Crippen LogP contribution is 2.25. The first kappa shape index (κ1) is 18.7. The molecule has 0 radical (unpaired) electrons. The van der Waals surface area contributed by atoms with Crippen LogP contribution in [0.2, 0.25) is 0 Å². The minimum Gasteiger partial charge on any atom is -0.497 e. The van der Waals surface area contributed by atoms with Gasteiger partial charge in [-0.2, -0.15) is 0 Å². The van der Waals surface area contributed by atoms with Gasteiger partial charge in [-0.1, -0.05) is 6.07 Å². The third-order valence-corrected chi connectivity index (χ3v) is 5.11. The Kier molecular flexibility index (Phi) is 5.97. The number of ether oxygens (including phenoxy) is 2. The third kappa shape index (κ3) is 4.48. The van der Waals surface area contributed by atoms with Gasteiger partial charge in [0.25, 0.3) is 10.0 Å². The number of halogens is 1. The molecule has 0 saturated heterocycles. The Balaban J connectivity index is 2.46. The molecule has 0 spiro atoms. The Labute approximate surface area is 145 Å². The minimum absolute atomic E-state index is 0.0314. The van der Waals surface area contributed by atoms with Crippen molar-refractivity contribution in [3.63, 3.8) is 0 Å². The van der Waals surface area contributed by atoms with Crippen molar-refractivity contribution in [3.05, 3.63) is 54.3 Å². The van der Waals surface area contributed by atoms with Gasteiger partial charge in [0.15, 0.2) is 0 Å². The summed E-state index contributed by atoms with van der Waals surface area (Å²) in [6.07, 6.45) is 0. The first-order valence-electron chi connectivity index (χ1n) is 7.46. The van der Waals surface area contributed by atoms with Crippen LogP contribution in [0.3, 0.4) is 0 Å². The van der Waals surface area contributed by atoms with Crippen molar-refractivity contribution in [2.75, 3.05) is 24.6 Å². The van der Waals surface area contributed by atoms with Gasteiger partial charge < -0.3 is 9.47 Å². The maximum absolute atomic E-state index is 13.5. The SMILES string of the molecule is CCOC(=O)CN(c1cccc(F)c1)S(=O)(=O)c1ccc(OC)cc1. The smallest absolute Gasteiger partial charge is 0.326 e. The Morgan fingerprint density at radius 1 is 1.16 bits per heavy atom. The third-order valence-electron chi connectivity index (χ3n) is 3.32. The van der Waals surface area contributed by atoms with E-state index < -0.39 is 28.4 Å². The first-order valence-corrected chi connectivity index (χ1v) is 8.90. The van der Waals surface area contributed by atoms with E-state index in [2.05, 4.69) is 0 Å². The topological polar surface area (TPSA) is 72.9 Å². The Bertz CT molecular complexity index is 836. The fourth-order valence-corrected chi connectivity index (χ4v) is 3.55. The summed E-state index contributed by atoms with van der Waals surface area (Å²) in [5.74, 6) is -0.859. The van der Waals surface area contributed by atoms with Gasteiger partial charge >= 0.3 is 5.97 Å². The zero-order valence-corrected chi connectivity index (χ0v) is 14.6. The molecule has 0 heterocycles. The van der Waals surface area contributed by atoms with Crippen molar-refractivity contribution in [2.24, 2.45) is 0 Å². The number of nitrogens with zero attached hydrogens (tertiary/aromatic N) is 1. The summed E-state index contributed by atoms with van der Waals surface area (Å²) >= 11 is 0. The number of hydrogen-bond acceptors (Lipinski definition) is 5. The van der Waals surface area contributed by atoms with Crippen molar-refractivity contribution in [1.29, 1.82) is 0 Å². The summed E-state index contributed by atoms with van der Waals surface area (Å²) in [6.45, 7) is 1.16. The number of carbonyl (C=O) groups is 1. The van der Waals surface area contributed by atoms with Gasteiger partial charge in [0, 0.05) is 0 Å². The lowest BCUT2D eigenvalue weighted by molar-refractivity contribution is -0.141. The number of rotatable bonds is 7. The summed E-state index contributed by atoms with van der Waals surface area (Å²) in [4.78, 5) is 11.8. The van der Waals surface area contributed by atoms with E-state index in [4.69, 9.17) is 9.47 Å². The zero-order valence-electron chi connectivity index (χ0n) is 13.8. The molecule has 2 aromatic rings. The highest BCUT2D eigenvalue weighted by Gasteiger charge is 2.28. The van der Waals surface area contributed by atoms with Crippen LogP contribution in [0.5, 0.6) is 5.75 Å². The Morgan fingerprint density at radius 2 is 1.84 bits per heavy atom. The molecule has 0 aromatic heterocycles. The molecule has 8 heteroatoms. The van der Waals surface area contributed by atoms with Crippen molar-refractivity contribution in [3.8, 4) is 5.75 Å². The average molecular weight is 367 g/mol. The van der Waals surface area contributed by atoms with Crippen molar-refractivity contribution < 1.29 is 27.1 Å². The number of esters is 1. The van der Waals surface area contributed by atoms with E-state index in [1.54, 1.807) is 6.92 Å². The molecule has 0 bridgehead atoms. The van der Waals surface area contributed by atoms with Crippen LogP contribution >= 0.6 is 0 Å². The zero-order chi connectivity index (χ0) is 18.4. The van der Waals surface area contributed by atoms with Crippen LogP contribution in [0.15, 0.2) is 53.4 Å². The van der Waals surface area contributed by atoms with Gasteiger partial charge in [-0.3, -0.25) is 9.10 Å². The second-order valence-corrected chi connectivity index (χ2v) is 6.83. The van der Waals surface area contributed by atoms with Gasteiger partial charge in [-0.25, -0.2) is 12.8 Å². The van der Waals surface area contributed by atoms with Gasteiger partial charge in [-0.05, 0) is 49.4 Å². The van der Waals surface area contributed by atoms with Crippen LogP contribution in [0.1, 0.15) is 6.92 Å². The van der Waals surface area contributed by atoms with E-state index >= 15 is 0 Å². The minimum atomic E-state index is -4.10. The first-order chi connectivity index (χ1) is 11.9. The van der Waals surface area contributed by atoms with Gasteiger partial charge in [0.05, 0.1) is 24.3 Å². The van der Waals surface area contributed by atoms with Gasteiger partial charge in [-0.15, -0.1) is 0 Å². The maximum atomic E-state index is 13.5. The number of methoxy groups -OCH3 is 1. The van der Waals surface area contributed by atoms with Gasteiger partial charge in [0.2, 0.25) is 0 Å². The predicted octanol–water partition coefficient (Wildman–Crippen LogP) is 2.59. The normalized spacial score (nSPS) is 11.0. The van der Waals surface area contributed by atoms with E-state index in [1.165, 1.54) is 49.6 Å². The molecule has 134 valence electrons. The molecule has 0 aliphatic carbocycles. The van der Waals surface area contributed by atoms with E-state index in [0.29, 0.717) is 5.75 Å². The lowest BCUT2D eigenvalue weighted by Crippen LogP contribution is -2.36. The summed E-state index contributed by atoms with van der Waals surface area (Å²) < 4.78 is 50.1. The molecule has 0 unspecified atom stereocenters. The molecule has 2 rings (SSSR count). The lowest BCUT2D eigenvalue weighted by atomic mass is 10.3. The van der Waals surface area contributed by atoms with Crippen molar-refractivity contribution >= 4 is 21.7 Å². The molecule has 0 atom stereocenters. The molecule has 0 N–H and O–H groups in total. The molecule has 0 fully saturated rings.